The summed E-state index contributed by atoms with van der Waals surface area (Å²) in [7, 11) is 0. The van der Waals surface area contributed by atoms with Crippen molar-refractivity contribution in [3.8, 4) is 11.4 Å². The highest BCUT2D eigenvalue weighted by Gasteiger charge is 2.13. The molecule has 1 aromatic heterocycles. The molecule has 8 heteroatoms. The summed E-state index contributed by atoms with van der Waals surface area (Å²) in [5.41, 5.74) is 0.915. The third-order valence-corrected chi connectivity index (χ3v) is 4.50. The summed E-state index contributed by atoms with van der Waals surface area (Å²) < 4.78 is 6.82. The van der Waals surface area contributed by atoms with Crippen LogP contribution >= 0.6 is 23.2 Å². The van der Waals surface area contributed by atoms with E-state index in [2.05, 4.69) is 10.4 Å². The maximum atomic E-state index is 12.6. The van der Waals surface area contributed by atoms with Gasteiger partial charge in [-0.15, -0.1) is 0 Å². The lowest BCUT2D eigenvalue weighted by Gasteiger charge is -2.15. The number of para-hydroxylation sites is 2. The summed E-state index contributed by atoms with van der Waals surface area (Å²) in [6, 6.07) is 13.6. The summed E-state index contributed by atoms with van der Waals surface area (Å²) in [5, 5.41) is 6.77. The van der Waals surface area contributed by atoms with Gasteiger partial charge in [0.2, 0.25) is 0 Å². The van der Waals surface area contributed by atoms with Crippen LogP contribution in [0.3, 0.4) is 0 Å². The Morgan fingerprint density at radius 1 is 1.11 bits per heavy atom. The summed E-state index contributed by atoms with van der Waals surface area (Å²) in [6.45, 7) is 3.83. The Hall–Kier alpha value is -2.83. The van der Waals surface area contributed by atoms with E-state index < -0.39 is 5.56 Å². The van der Waals surface area contributed by atoms with Gasteiger partial charge in [-0.2, -0.15) is 9.78 Å². The number of halogens is 2. The maximum Gasteiger partial charge on any atom is 0.291 e. The summed E-state index contributed by atoms with van der Waals surface area (Å²) in [5.74, 6) is 0.287. The second-order valence-corrected chi connectivity index (χ2v) is 6.97. The molecular weight excluding hydrogens is 401 g/mol. The van der Waals surface area contributed by atoms with Gasteiger partial charge in [-0.3, -0.25) is 9.59 Å². The standard InChI is InChI=1S/C20H17Cl2N3O3/c1-12(2)28-17-6-4-3-5-16(17)24-19(26)13-7-9-14(10-8-13)25-20(27)18(22)15(21)11-23-25/h3-12H,1-2H3,(H,24,26). The van der Waals surface area contributed by atoms with Crippen molar-refractivity contribution in [2.45, 2.75) is 20.0 Å². The zero-order valence-corrected chi connectivity index (χ0v) is 16.7. The molecule has 144 valence electrons. The lowest BCUT2D eigenvalue weighted by molar-refractivity contribution is 0.102. The number of carbonyl (C=O) groups excluding carboxylic acids is 1. The van der Waals surface area contributed by atoms with Crippen molar-refractivity contribution in [3.05, 3.63) is 80.7 Å². The van der Waals surface area contributed by atoms with Gasteiger partial charge in [0.25, 0.3) is 11.5 Å². The van der Waals surface area contributed by atoms with Gasteiger partial charge in [-0.05, 0) is 50.2 Å². The Bertz CT molecular complexity index is 1060. The molecule has 1 amide bonds. The van der Waals surface area contributed by atoms with Crippen LogP contribution in [0.15, 0.2) is 59.5 Å². The average molecular weight is 418 g/mol. The third kappa shape index (κ3) is 4.35. The molecule has 0 atom stereocenters. The fraction of sp³-hybridized carbons (Fsp3) is 0.150. The molecular formula is C20H17Cl2N3O3. The van der Waals surface area contributed by atoms with Gasteiger partial charge < -0.3 is 10.1 Å². The van der Waals surface area contributed by atoms with E-state index in [0.29, 0.717) is 22.7 Å². The Balaban J connectivity index is 1.82. The smallest absolute Gasteiger partial charge is 0.291 e. The van der Waals surface area contributed by atoms with Gasteiger partial charge in [0.15, 0.2) is 0 Å². The number of carbonyl (C=O) groups is 1. The summed E-state index contributed by atoms with van der Waals surface area (Å²) in [4.78, 5) is 24.7. The zero-order chi connectivity index (χ0) is 20.3. The Morgan fingerprint density at radius 2 is 1.79 bits per heavy atom. The van der Waals surface area contributed by atoms with E-state index >= 15 is 0 Å². The number of aromatic nitrogens is 2. The predicted octanol–water partition coefficient (Wildman–Crippen LogP) is 4.58. The molecule has 0 saturated heterocycles. The van der Waals surface area contributed by atoms with Gasteiger partial charge in [0.05, 0.1) is 28.7 Å². The van der Waals surface area contributed by atoms with Crippen molar-refractivity contribution in [3.63, 3.8) is 0 Å². The van der Waals surface area contributed by atoms with Crippen LogP contribution in [-0.2, 0) is 0 Å². The number of ether oxygens (including phenoxy) is 1. The monoisotopic (exact) mass is 417 g/mol. The molecule has 2 aromatic carbocycles. The van der Waals surface area contributed by atoms with E-state index in [-0.39, 0.29) is 22.1 Å². The second-order valence-electron chi connectivity index (χ2n) is 6.19. The van der Waals surface area contributed by atoms with E-state index in [9.17, 15) is 9.59 Å². The molecule has 3 aromatic rings. The third-order valence-electron chi connectivity index (χ3n) is 3.75. The topological polar surface area (TPSA) is 73.2 Å². The molecule has 1 N–H and O–H groups in total. The van der Waals surface area contributed by atoms with Crippen LogP contribution < -0.4 is 15.6 Å². The quantitative estimate of drug-likeness (QED) is 0.659. The SMILES string of the molecule is CC(C)Oc1ccccc1NC(=O)c1ccc(-n2ncc(Cl)c(Cl)c2=O)cc1. The average Bonchev–Trinajstić information content (AvgIpc) is 2.67. The first-order valence-electron chi connectivity index (χ1n) is 8.47. The van der Waals surface area contributed by atoms with Crippen molar-refractivity contribution >= 4 is 34.8 Å². The molecule has 0 aliphatic carbocycles. The van der Waals surface area contributed by atoms with Crippen LogP contribution in [0.25, 0.3) is 5.69 Å². The highest BCUT2D eigenvalue weighted by Crippen LogP contribution is 2.25. The minimum Gasteiger partial charge on any atom is -0.489 e. The van der Waals surface area contributed by atoms with Gasteiger partial charge in [0.1, 0.15) is 10.8 Å². The van der Waals surface area contributed by atoms with Crippen molar-refractivity contribution in [1.29, 1.82) is 0 Å². The van der Waals surface area contributed by atoms with Crippen LogP contribution in [-0.4, -0.2) is 21.8 Å². The number of anilines is 1. The number of hydrogen-bond donors (Lipinski definition) is 1. The molecule has 0 aliphatic rings. The molecule has 0 aliphatic heterocycles. The second kappa shape index (κ2) is 8.46. The van der Waals surface area contributed by atoms with Crippen LogP contribution in [0.5, 0.6) is 5.75 Å². The van der Waals surface area contributed by atoms with Crippen molar-refractivity contribution in [1.82, 2.24) is 9.78 Å². The van der Waals surface area contributed by atoms with Gasteiger partial charge >= 0.3 is 0 Å². The highest BCUT2D eigenvalue weighted by molar-refractivity contribution is 6.41. The van der Waals surface area contributed by atoms with E-state index in [1.165, 1.54) is 6.20 Å². The Labute approximate surface area is 171 Å². The van der Waals surface area contributed by atoms with Gasteiger partial charge in [0, 0.05) is 5.56 Å². The molecule has 0 spiro atoms. The van der Waals surface area contributed by atoms with Crippen LogP contribution in [0.2, 0.25) is 10.0 Å². The van der Waals surface area contributed by atoms with E-state index in [1.54, 1.807) is 36.4 Å². The van der Waals surface area contributed by atoms with Crippen molar-refractivity contribution in [2.75, 3.05) is 5.32 Å². The van der Waals surface area contributed by atoms with Crippen molar-refractivity contribution in [2.24, 2.45) is 0 Å². The zero-order valence-electron chi connectivity index (χ0n) is 15.1. The minimum absolute atomic E-state index is 0.0191. The van der Waals surface area contributed by atoms with E-state index in [4.69, 9.17) is 27.9 Å². The first kappa shape index (κ1) is 19.9. The largest absolute Gasteiger partial charge is 0.489 e. The van der Waals surface area contributed by atoms with Crippen LogP contribution in [0.1, 0.15) is 24.2 Å². The van der Waals surface area contributed by atoms with Crippen LogP contribution in [0, 0.1) is 0 Å². The van der Waals surface area contributed by atoms with Crippen molar-refractivity contribution < 1.29 is 9.53 Å². The molecule has 1 heterocycles. The predicted molar refractivity (Wildman–Crippen MR) is 110 cm³/mol. The lowest BCUT2D eigenvalue weighted by atomic mass is 10.2. The molecule has 0 fully saturated rings. The fourth-order valence-electron chi connectivity index (χ4n) is 2.47. The van der Waals surface area contributed by atoms with Crippen LogP contribution in [0.4, 0.5) is 5.69 Å². The number of nitrogens with one attached hydrogen (secondary N) is 1. The van der Waals surface area contributed by atoms with Gasteiger partial charge in [-0.25, -0.2) is 0 Å². The molecule has 6 nitrogen and oxygen atoms in total. The first-order chi connectivity index (χ1) is 13.4. The molecule has 0 radical (unpaired) electrons. The number of amides is 1. The van der Waals surface area contributed by atoms with E-state index in [0.717, 1.165) is 4.68 Å². The number of hydrogen-bond acceptors (Lipinski definition) is 4. The molecule has 0 saturated carbocycles. The minimum atomic E-state index is -0.536. The summed E-state index contributed by atoms with van der Waals surface area (Å²) in [6.07, 6.45) is 1.27. The summed E-state index contributed by atoms with van der Waals surface area (Å²) >= 11 is 11.7. The Morgan fingerprint density at radius 3 is 2.46 bits per heavy atom. The fourth-order valence-corrected chi connectivity index (χ4v) is 2.73. The Kier molecular flexibility index (Phi) is 6.02. The number of rotatable bonds is 5. The van der Waals surface area contributed by atoms with E-state index in [1.807, 2.05) is 26.0 Å². The normalized spacial score (nSPS) is 10.8. The lowest BCUT2D eigenvalue weighted by Crippen LogP contribution is -2.21. The number of benzene rings is 2. The molecule has 28 heavy (non-hydrogen) atoms. The first-order valence-corrected chi connectivity index (χ1v) is 9.23. The molecule has 0 bridgehead atoms. The number of nitrogens with zero attached hydrogens (tertiary/aromatic N) is 2. The molecule has 3 rings (SSSR count). The van der Waals surface area contributed by atoms with Gasteiger partial charge in [-0.1, -0.05) is 35.3 Å². The maximum absolute atomic E-state index is 12.6. The highest BCUT2D eigenvalue weighted by atomic mass is 35.5. The molecule has 0 unspecified atom stereocenters.